The molecule has 0 aromatic heterocycles. The highest BCUT2D eigenvalue weighted by atomic mass is 35.5. The Kier molecular flexibility index (Phi) is 11.8. The third-order valence-electron chi connectivity index (χ3n) is 7.16. The van der Waals surface area contributed by atoms with E-state index >= 15 is 0 Å². The van der Waals surface area contributed by atoms with E-state index in [0.29, 0.717) is 21.4 Å². The number of benzene rings is 4. The molecular weight excluding hydrogens is 681 g/mol. The summed E-state index contributed by atoms with van der Waals surface area (Å²) in [6.07, 6.45) is 0.152. The van der Waals surface area contributed by atoms with Crippen molar-refractivity contribution in [3.8, 4) is 5.75 Å². The zero-order valence-corrected chi connectivity index (χ0v) is 29.5. The Balaban J connectivity index is 1.85. The van der Waals surface area contributed by atoms with E-state index in [-0.39, 0.29) is 28.6 Å². The summed E-state index contributed by atoms with van der Waals surface area (Å²) in [7, 11) is -2.85. The van der Waals surface area contributed by atoms with Gasteiger partial charge in [-0.15, -0.1) is 0 Å². The van der Waals surface area contributed by atoms with E-state index in [1.54, 1.807) is 36.4 Å². The second-order valence-corrected chi connectivity index (χ2v) is 15.0. The Morgan fingerprint density at radius 2 is 1.49 bits per heavy atom. The maximum atomic E-state index is 14.6. The van der Waals surface area contributed by atoms with Gasteiger partial charge in [0.1, 0.15) is 18.3 Å². The van der Waals surface area contributed by atoms with Crippen LogP contribution in [-0.4, -0.2) is 50.4 Å². The van der Waals surface area contributed by atoms with Gasteiger partial charge in [0.25, 0.3) is 10.0 Å². The zero-order valence-electron chi connectivity index (χ0n) is 26.4. The number of halogens is 3. The maximum Gasteiger partial charge on any atom is 0.264 e. The lowest BCUT2D eigenvalue weighted by atomic mass is 10.0. The average molecular weight is 717 g/mol. The summed E-state index contributed by atoms with van der Waals surface area (Å²) in [5.41, 5.74) is 0.839. The first kappa shape index (κ1) is 36.1. The topological polar surface area (TPSA) is 96.0 Å². The molecule has 4 aromatic rings. The van der Waals surface area contributed by atoms with E-state index in [1.165, 1.54) is 42.3 Å². The number of carbonyl (C=O) groups is 2. The van der Waals surface area contributed by atoms with E-state index in [1.807, 2.05) is 51.1 Å². The first-order valence-corrected chi connectivity index (χ1v) is 17.3. The van der Waals surface area contributed by atoms with Crippen LogP contribution in [0.3, 0.4) is 0 Å². The summed E-state index contributed by atoms with van der Waals surface area (Å²) in [5.74, 6) is -0.725. The maximum absolute atomic E-state index is 14.6. The molecule has 8 nitrogen and oxygen atoms in total. The van der Waals surface area contributed by atoms with Crippen molar-refractivity contribution < 1.29 is 22.7 Å². The van der Waals surface area contributed by atoms with Crippen LogP contribution in [-0.2, 0) is 32.6 Å². The summed E-state index contributed by atoms with van der Waals surface area (Å²) in [4.78, 5) is 29.9. The number of amides is 2. The number of ether oxygens (including phenoxy) is 1. The van der Waals surface area contributed by atoms with Gasteiger partial charge < -0.3 is 15.0 Å². The third-order valence-corrected chi connectivity index (χ3v) is 9.83. The summed E-state index contributed by atoms with van der Waals surface area (Å²) >= 11 is 19.2. The van der Waals surface area contributed by atoms with Crippen molar-refractivity contribution in [3.63, 3.8) is 0 Å². The number of nitrogens with one attached hydrogen (secondary N) is 1. The monoisotopic (exact) mass is 715 g/mol. The van der Waals surface area contributed by atoms with Gasteiger partial charge in [0.05, 0.1) is 22.7 Å². The zero-order chi connectivity index (χ0) is 34.4. The molecule has 0 aliphatic rings. The Morgan fingerprint density at radius 1 is 0.851 bits per heavy atom. The van der Waals surface area contributed by atoms with E-state index in [0.717, 1.165) is 9.87 Å². The first-order chi connectivity index (χ1) is 22.2. The highest BCUT2D eigenvalue weighted by molar-refractivity contribution is 7.92. The van der Waals surface area contributed by atoms with Crippen molar-refractivity contribution in [1.82, 2.24) is 10.2 Å². The number of hydrogen-bond acceptors (Lipinski definition) is 5. The van der Waals surface area contributed by atoms with Crippen molar-refractivity contribution in [2.75, 3.05) is 18.0 Å². The largest absolute Gasteiger partial charge is 0.495 e. The van der Waals surface area contributed by atoms with E-state index in [2.05, 4.69) is 5.32 Å². The predicted octanol–water partition coefficient (Wildman–Crippen LogP) is 7.41. The first-order valence-electron chi connectivity index (χ1n) is 14.7. The lowest BCUT2D eigenvalue weighted by Crippen LogP contribution is -2.56. The summed E-state index contributed by atoms with van der Waals surface area (Å²) in [6.45, 7) is 4.77. The third kappa shape index (κ3) is 9.41. The predicted molar refractivity (Wildman–Crippen MR) is 188 cm³/mol. The fourth-order valence-electron chi connectivity index (χ4n) is 4.90. The Labute approximate surface area is 291 Å². The highest BCUT2D eigenvalue weighted by Crippen LogP contribution is 2.32. The van der Waals surface area contributed by atoms with Crippen molar-refractivity contribution in [1.29, 1.82) is 0 Å². The minimum absolute atomic E-state index is 0.0293. The normalized spacial score (nSPS) is 12.2. The van der Waals surface area contributed by atoms with E-state index in [9.17, 15) is 18.0 Å². The lowest BCUT2D eigenvalue weighted by molar-refractivity contribution is -0.140. The smallest absolute Gasteiger partial charge is 0.264 e. The number of sulfonamides is 1. The molecule has 0 fully saturated rings. The van der Waals surface area contributed by atoms with Crippen LogP contribution in [0.25, 0.3) is 0 Å². The SMILES string of the molecule is COc1ccc(N(CC(=O)N(Cc2ccc(Cl)cc2Cl)[C@H](Cc2ccccc2)C(=O)NC(C)(C)C)S(=O)(=O)c2ccccc2)cc1Cl. The number of anilines is 1. The molecule has 0 radical (unpaired) electrons. The van der Waals surface area contributed by atoms with E-state index in [4.69, 9.17) is 39.5 Å². The second kappa shape index (κ2) is 15.4. The van der Waals surface area contributed by atoms with Crippen LogP contribution < -0.4 is 14.4 Å². The second-order valence-electron chi connectivity index (χ2n) is 11.8. The van der Waals surface area contributed by atoms with E-state index < -0.39 is 40.0 Å². The van der Waals surface area contributed by atoms with Gasteiger partial charge in [0.15, 0.2) is 0 Å². The molecule has 0 aliphatic heterocycles. The molecular formula is C35H36Cl3N3O5S. The number of methoxy groups -OCH3 is 1. The van der Waals surface area contributed by atoms with Crippen molar-refractivity contribution in [2.24, 2.45) is 0 Å². The van der Waals surface area contributed by atoms with Crippen LogP contribution >= 0.6 is 34.8 Å². The number of hydrogen-bond donors (Lipinski definition) is 1. The van der Waals surface area contributed by atoms with Gasteiger partial charge in [-0.25, -0.2) is 8.42 Å². The van der Waals surface area contributed by atoms with Gasteiger partial charge in [0.2, 0.25) is 11.8 Å². The number of rotatable bonds is 12. The summed E-state index contributed by atoms with van der Waals surface area (Å²) in [5, 5.41) is 3.84. The molecule has 47 heavy (non-hydrogen) atoms. The molecule has 0 aliphatic carbocycles. The van der Waals surface area contributed by atoms with Gasteiger partial charge in [-0.05, 0) is 74.4 Å². The Morgan fingerprint density at radius 3 is 2.06 bits per heavy atom. The average Bonchev–Trinajstić information content (AvgIpc) is 3.02. The standard InChI is InChI=1S/C35H36Cl3N3O5S/c1-35(2,3)39-34(43)31(19-24-11-7-5-8-12-24)40(22-25-15-16-26(36)20-29(25)37)33(42)23-41(27-17-18-32(46-4)30(38)21-27)47(44,45)28-13-9-6-10-14-28/h5-18,20-21,31H,19,22-23H2,1-4H3,(H,39,43)/t31-/m1/s1. The molecule has 2 amide bonds. The van der Waals surface area contributed by atoms with Crippen molar-refractivity contribution in [2.45, 2.75) is 50.2 Å². The van der Waals surface area contributed by atoms with Gasteiger partial charge >= 0.3 is 0 Å². The highest BCUT2D eigenvalue weighted by Gasteiger charge is 2.36. The molecule has 0 spiro atoms. The van der Waals surface area contributed by atoms with Gasteiger partial charge in [0, 0.05) is 28.5 Å². The fourth-order valence-corrected chi connectivity index (χ4v) is 7.05. The van der Waals surface area contributed by atoms with Gasteiger partial charge in [-0.2, -0.15) is 0 Å². The quantitative estimate of drug-likeness (QED) is 0.165. The Bertz CT molecular complexity index is 1820. The molecule has 1 N–H and O–H groups in total. The van der Waals surface area contributed by atoms with Gasteiger partial charge in [-0.1, -0.05) is 89.4 Å². The molecule has 12 heteroatoms. The summed E-state index contributed by atoms with van der Waals surface area (Å²) < 4.78 is 34.6. The molecule has 1 atom stereocenters. The minimum atomic E-state index is -4.30. The number of carbonyl (C=O) groups excluding carboxylic acids is 2. The van der Waals surface area contributed by atoms with Crippen molar-refractivity contribution in [3.05, 3.63) is 123 Å². The van der Waals surface area contributed by atoms with Crippen molar-refractivity contribution >= 4 is 62.3 Å². The van der Waals surface area contributed by atoms with Crippen LogP contribution in [0.1, 0.15) is 31.9 Å². The van der Waals surface area contributed by atoms with Crippen LogP contribution in [0.5, 0.6) is 5.75 Å². The molecule has 0 saturated heterocycles. The minimum Gasteiger partial charge on any atom is -0.495 e. The van der Waals surface area contributed by atoms with Crippen LogP contribution in [0.4, 0.5) is 5.69 Å². The van der Waals surface area contributed by atoms with Crippen LogP contribution in [0.2, 0.25) is 15.1 Å². The number of nitrogens with zero attached hydrogens (tertiary/aromatic N) is 2. The lowest BCUT2D eigenvalue weighted by Gasteiger charge is -2.35. The van der Waals surface area contributed by atoms with Gasteiger partial charge in [-0.3, -0.25) is 13.9 Å². The molecule has 0 bridgehead atoms. The molecule has 0 heterocycles. The molecule has 248 valence electrons. The van der Waals surface area contributed by atoms with Crippen LogP contribution in [0, 0.1) is 0 Å². The molecule has 0 unspecified atom stereocenters. The molecule has 4 rings (SSSR count). The molecule has 4 aromatic carbocycles. The fraction of sp³-hybridized carbons (Fsp3) is 0.257. The summed E-state index contributed by atoms with van der Waals surface area (Å²) in [6, 6.07) is 25.3. The molecule has 0 saturated carbocycles. The van der Waals surface area contributed by atoms with Crippen LogP contribution in [0.15, 0.2) is 102 Å². The Hall–Kier alpha value is -3.76.